The molecule has 0 unspecified atom stereocenters. The Morgan fingerprint density at radius 3 is 2.17 bits per heavy atom. The predicted molar refractivity (Wildman–Crippen MR) is 46.5 cm³/mol. The van der Waals surface area contributed by atoms with E-state index >= 15 is 0 Å². The summed E-state index contributed by atoms with van der Waals surface area (Å²) in [6, 6.07) is 0. The van der Waals surface area contributed by atoms with Crippen molar-refractivity contribution in [2.45, 2.75) is 32.6 Å². The van der Waals surface area contributed by atoms with Crippen LogP contribution < -0.4 is 0 Å². The Labute approximate surface area is 74.7 Å². The van der Waals surface area contributed by atoms with Gasteiger partial charge in [-0.2, -0.15) is 0 Å². The molecule has 3 heteroatoms. The van der Waals surface area contributed by atoms with Gasteiger partial charge in [-0.1, -0.05) is 6.92 Å². The predicted octanol–water partition coefficient (Wildman–Crippen LogP) is 1.99. The van der Waals surface area contributed by atoms with Crippen molar-refractivity contribution < 1.29 is 14.6 Å². The van der Waals surface area contributed by atoms with Crippen LogP contribution in [-0.2, 0) is 14.6 Å². The fourth-order valence-corrected chi connectivity index (χ4v) is 0.890. The van der Waals surface area contributed by atoms with Gasteiger partial charge in [-0.15, -0.1) is 0 Å². The standard InChI is InChI=1S/C9H19O3/c1-2-6-11-7-4-3-5-8-12-9-10/h2-9H2,1H3. The van der Waals surface area contributed by atoms with Crippen LogP contribution in [0.1, 0.15) is 32.6 Å². The van der Waals surface area contributed by atoms with Crippen LogP contribution in [0.5, 0.6) is 0 Å². The van der Waals surface area contributed by atoms with Crippen LogP contribution >= 0.6 is 0 Å². The van der Waals surface area contributed by atoms with E-state index in [4.69, 9.17) is 4.74 Å². The maximum Gasteiger partial charge on any atom is 0.180 e. The molecule has 0 aliphatic rings. The van der Waals surface area contributed by atoms with Gasteiger partial charge in [0, 0.05) is 19.8 Å². The van der Waals surface area contributed by atoms with Crippen LogP contribution in [0.4, 0.5) is 0 Å². The molecule has 0 aromatic heterocycles. The second-order valence-corrected chi connectivity index (χ2v) is 2.70. The van der Waals surface area contributed by atoms with Gasteiger partial charge in [0.2, 0.25) is 0 Å². The summed E-state index contributed by atoms with van der Waals surface area (Å²) in [6.07, 6.45) is 4.21. The van der Waals surface area contributed by atoms with Crippen LogP contribution in [0, 0.1) is 0 Å². The molecule has 0 spiro atoms. The zero-order valence-corrected chi connectivity index (χ0v) is 7.88. The van der Waals surface area contributed by atoms with Gasteiger partial charge in [0.05, 0.1) is 0 Å². The monoisotopic (exact) mass is 175 g/mol. The fraction of sp³-hybridized carbons (Fsp3) is 1.00. The van der Waals surface area contributed by atoms with Crippen molar-refractivity contribution in [1.82, 2.24) is 0 Å². The fourth-order valence-electron chi connectivity index (χ4n) is 0.890. The first-order valence-electron chi connectivity index (χ1n) is 4.65. The largest absolute Gasteiger partial charge is 0.381 e. The summed E-state index contributed by atoms with van der Waals surface area (Å²) >= 11 is 0. The molecule has 0 rings (SSSR count). The highest BCUT2D eigenvalue weighted by Crippen LogP contribution is 1.96. The first-order chi connectivity index (χ1) is 5.91. The van der Waals surface area contributed by atoms with Crippen molar-refractivity contribution in [3.8, 4) is 0 Å². The van der Waals surface area contributed by atoms with Gasteiger partial charge < -0.3 is 9.47 Å². The number of rotatable bonds is 9. The Balaban J connectivity index is 2.73. The quantitative estimate of drug-likeness (QED) is 0.397. The third-order valence-corrected chi connectivity index (χ3v) is 1.51. The third kappa shape index (κ3) is 9.88. The molecule has 0 amide bonds. The Bertz CT molecular complexity index is 66.2. The second-order valence-electron chi connectivity index (χ2n) is 2.70. The zero-order valence-electron chi connectivity index (χ0n) is 7.88. The highest BCUT2D eigenvalue weighted by atomic mass is 16.6. The van der Waals surface area contributed by atoms with Gasteiger partial charge in [0.25, 0.3) is 0 Å². The van der Waals surface area contributed by atoms with Gasteiger partial charge in [-0.25, -0.2) is 5.11 Å². The van der Waals surface area contributed by atoms with Crippen molar-refractivity contribution in [3.05, 3.63) is 0 Å². The summed E-state index contributed by atoms with van der Waals surface area (Å²) in [4.78, 5) is 0. The summed E-state index contributed by atoms with van der Waals surface area (Å²) in [5.74, 6) is 0. The maximum atomic E-state index is 9.86. The molecule has 0 fully saturated rings. The van der Waals surface area contributed by atoms with Crippen molar-refractivity contribution in [2.24, 2.45) is 0 Å². The molecule has 0 saturated carbocycles. The highest BCUT2D eigenvalue weighted by Gasteiger charge is 1.90. The topological polar surface area (TPSA) is 38.4 Å². The molecule has 0 aliphatic carbocycles. The minimum Gasteiger partial charge on any atom is -0.381 e. The lowest BCUT2D eigenvalue weighted by Crippen LogP contribution is -1.98. The van der Waals surface area contributed by atoms with Gasteiger partial charge >= 0.3 is 0 Å². The van der Waals surface area contributed by atoms with Gasteiger partial charge in [0.1, 0.15) is 0 Å². The van der Waals surface area contributed by atoms with Gasteiger partial charge in [-0.05, 0) is 25.7 Å². The van der Waals surface area contributed by atoms with Crippen molar-refractivity contribution in [3.63, 3.8) is 0 Å². The molecule has 12 heavy (non-hydrogen) atoms. The SMILES string of the molecule is CCCOCCCCCOC[O]. The Kier molecular flexibility index (Phi) is 10.8. The summed E-state index contributed by atoms with van der Waals surface area (Å²) in [5, 5.41) is 9.86. The van der Waals surface area contributed by atoms with E-state index in [-0.39, 0.29) is 0 Å². The molecule has 0 aliphatic heterocycles. The molecule has 1 radical (unpaired) electrons. The van der Waals surface area contributed by atoms with E-state index in [2.05, 4.69) is 11.7 Å². The molecule has 0 heterocycles. The molecule has 0 aromatic rings. The Morgan fingerprint density at radius 2 is 1.58 bits per heavy atom. The highest BCUT2D eigenvalue weighted by molar-refractivity contribution is 4.39. The van der Waals surface area contributed by atoms with Crippen LogP contribution in [-0.4, -0.2) is 26.6 Å². The van der Waals surface area contributed by atoms with E-state index in [9.17, 15) is 5.11 Å². The van der Waals surface area contributed by atoms with Crippen LogP contribution in [0.15, 0.2) is 0 Å². The van der Waals surface area contributed by atoms with Crippen molar-refractivity contribution in [2.75, 3.05) is 26.6 Å². The smallest absolute Gasteiger partial charge is 0.180 e. The summed E-state index contributed by atoms with van der Waals surface area (Å²) < 4.78 is 9.95. The van der Waals surface area contributed by atoms with Crippen LogP contribution in [0.25, 0.3) is 0 Å². The lowest BCUT2D eigenvalue weighted by atomic mass is 10.2. The average Bonchev–Trinajstić information content (AvgIpc) is 2.10. The summed E-state index contributed by atoms with van der Waals surface area (Å²) in [6.45, 7) is 3.98. The lowest BCUT2D eigenvalue weighted by molar-refractivity contribution is -0.0449. The number of hydrogen-bond acceptors (Lipinski definition) is 2. The van der Waals surface area contributed by atoms with E-state index in [1.54, 1.807) is 0 Å². The summed E-state index contributed by atoms with van der Waals surface area (Å²) in [7, 11) is 0. The summed E-state index contributed by atoms with van der Waals surface area (Å²) in [5.41, 5.74) is 0. The van der Waals surface area contributed by atoms with E-state index in [1.165, 1.54) is 0 Å². The number of unbranched alkanes of at least 4 members (excludes halogenated alkanes) is 2. The zero-order chi connectivity index (χ0) is 9.07. The van der Waals surface area contributed by atoms with Gasteiger partial charge in [-0.3, -0.25) is 0 Å². The molecule has 0 bridgehead atoms. The van der Waals surface area contributed by atoms with E-state index < -0.39 is 6.79 Å². The molecular weight excluding hydrogens is 156 g/mol. The van der Waals surface area contributed by atoms with Crippen molar-refractivity contribution in [1.29, 1.82) is 0 Å². The molecule has 0 N–H and O–H groups in total. The number of hydrogen-bond donors (Lipinski definition) is 0. The van der Waals surface area contributed by atoms with Crippen LogP contribution in [0.2, 0.25) is 0 Å². The molecule has 0 saturated heterocycles. The van der Waals surface area contributed by atoms with E-state index in [1.807, 2.05) is 0 Å². The molecule has 0 aromatic carbocycles. The van der Waals surface area contributed by atoms with Gasteiger partial charge in [0.15, 0.2) is 6.79 Å². The minimum atomic E-state index is -0.410. The van der Waals surface area contributed by atoms with E-state index in [0.717, 1.165) is 38.9 Å². The Morgan fingerprint density at radius 1 is 0.917 bits per heavy atom. The average molecular weight is 175 g/mol. The first kappa shape index (κ1) is 11.9. The second kappa shape index (κ2) is 10.9. The molecule has 73 valence electrons. The Hall–Kier alpha value is -0.120. The third-order valence-electron chi connectivity index (χ3n) is 1.51. The normalized spacial score (nSPS) is 10.5. The lowest BCUT2D eigenvalue weighted by Gasteiger charge is -2.02. The molecular formula is C9H19O3. The van der Waals surface area contributed by atoms with Crippen LogP contribution in [0.3, 0.4) is 0 Å². The first-order valence-corrected chi connectivity index (χ1v) is 4.65. The molecule has 0 atom stereocenters. The minimum absolute atomic E-state index is 0.410. The van der Waals surface area contributed by atoms with E-state index in [0.29, 0.717) is 6.61 Å². The van der Waals surface area contributed by atoms with Crippen molar-refractivity contribution >= 4 is 0 Å². The maximum absolute atomic E-state index is 9.86. The number of ether oxygens (including phenoxy) is 2. The molecule has 3 nitrogen and oxygen atoms in total.